The van der Waals surface area contributed by atoms with Crippen molar-refractivity contribution >= 4 is 11.9 Å². The lowest BCUT2D eigenvalue weighted by Crippen LogP contribution is -2.39. The summed E-state index contributed by atoms with van der Waals surface area (Å²) in [7, 11) is 2.86. The summed E-state index contributed by atoms with van der Waals surface area (Å²) in [5.41, 5.74) is -0.446. The molecule has 0 fully saturated rings. The van der Waals surface area contributed by atoms with Crippen LogP contribution in [0.3, 0.4) is 0 Å². The first-order chi connectivity index (χ1) is 14.2. The van der Waals surface area contributed by atoms with Gasteiger partial charge in [0, 0.05) is 11.6 Å². The van der Waals surface area contributed by atoms with Crippen molar-refractivity contribution in [2.24, 2.45) is 0 Å². The van der Waals surface area contributed by atoms with E-state index in [1.807, 2.05) is 0 Å². The van der Waals surface area contributed by atoms with Crippen LogP contribution in [0, 0.1) is 0 Å². The van der Waals surface area contributed by atoms with Crippen LogP contribution in [0.2, 0.25) is 0 Å². The number of ether oxygens (including phenoxy) is 2. The lowest BCUT2D eigenvalue weighted by atomic mass is 9.97. The minimum atomic E-state index is -4.58. The Bertz CT molecular complexity index is 898. The second kappa shape index (κ2) is 10.00. The smallest absolute Gasteiger partial charge is 0.416 e. The minimum Gasteiger partial charge on any atom is -0.493 e. The van der Waals surface area contributed by atoms with Crippen molar-refractivity contribution < 1.29 is 37.3 Å². The van der Waals surface area contributed by atoms with Gasteiger partial charge in [0.2, 0.25) is 5.91 Å². The number of nitrogens with one attached hydrogen (secondary N) is 1. The first-order valence-corrected chi connectivity index (χ1v) is 9.01. The molecule has 0 aliphatic carbocycles. The van der Waals surface area contributed by atoms with Crippen molar-refractivity contribution in [3.8, 4) is 11.5 Å². The molecule has 0 aliphatic heterocycles. The molecule has 0 bridgehead atoms. The highest BCUT2D eigenvalue weighted by molar-refractivity contribution is 5.81. The molecule has 0 radical (unpaired) electrons. The molecule has 0 saturated carbocycles. The summed E-state index contributed by atoms with van der Waals surface area (Å²) in [6.45, 7) is 0. The summed E-state index contributed by atoms with van der Waals surface area (Å²) in [5, 5.41) is 11.7. The highest BCUT2D eigenvalue weighted by Crippen LogP contribution is 2.33. The van der Waals surface area contributed by atoms with E-state index in [0.717, 1.165) is 6.07 Å². The number of carboxylic acids is 1. The third kappa shape index (κ3) is 6.13. The number of benzene rings is 2. The van der Waals surface area contributed by atoms with Crippen LogP contribution in [0.5, 0.6) is 11.5 Å². The molecule has 6 nitrogen and oxygen atoms in total. The maximum absolute atomic E-state index is 13.2. The van der Waals surface area contributed by atoms with Gasteiger partial charge >= 0.3 is 12.1 Å². The number of carboxylic acid groups (broad SMARTS) is 1. The number of aliphatic carboxylic acids is 1. The van der Waals surface area contributed by atoms with Crippen molar-refractivity contribution in [1.29, 1.82) is 0 Å². The Morgan fingerprint density at radius 3 is 2.30 bits per heavy atom. The van der Waals surface area contributed by atoms with E-state index in [9.17, 15) is 22.8 Å². The largest absolute Gasteiger partial charge is 0.493 e. The topological polar surface area (TPSA) is 84.9 Å². The molecule has 30 heavy (non-hydrogen) atoms. The summed E-state index contributed by atoms with van der Waals surface area (Å²) >= 11 is 0. The van der Waals surface area contributed by atoms with Crippen LogP contribution in [0.1, 0.15) is 23.1 Å². The molecule has 9 heteroatoms. The maximum Gasteiger partial charge on any atom is 0.416 e. The van der Waals surface area contributed by atoms with Gasteiger partial charge in [-0.1, -0.05) is 30.3 Å². The van der Waals surface area contributed by atoms with E-state index in [4.69, 9.17) is 14.6 Å². The third-order valence-electron chi connectivity index (χ3n) is 4.41. The van der Waals surface area contributed by atoms with E-state index in [2.05, 4.69) is 5.32 Å². The molecule has 2 aromatic rings. The number of halogens is 3. The van der Waals surface area contributed by atoms with Crippen molar-refractivity contribution in [3.63, 3.8) is 0 Å². The van der Waals surface area contributed by atoms with E-state index >= 15 is 0 Å². The van der Waals surface area contributed by atoms with Gasteiger partial charge in [-0.2, -0.15) is 13.2 Å². The average Bonchev–Trinajstić information content (AvgIpc) is 2.66. The Kier molecular flexibility index (Phi) is 7.68. The Morgan fingerprint density at radius 2 is 1.70 bits per heavy atom. The zero-order valence-electron chi connectivity index (χ0n) is 16.5. The van der Waals surface area contributed by atoms with E-state index in [1.54, 1.807) is 18.2 Å². The summed E-state index contributed by atoms with van der Waals surface area (Å²) in [6, 6.07) is 8.84. The molecule has 2 aromatic carbocycles. The molecule has 0 unspecified atom stereocenters. The number of alkyl halides is 3. The van der Waals surface area contributed by atoms with E-state index in [0.29, 0.717) is 17.1 Å². The predicted octanol–water partition coefficient (Wildman–Crippen LogP) is 3.47. The Morgan fingerprint density at radius 1 is 1.03 bits per heavy atom. The second-order valence-corrected chi connectivity index (χ2v) is 6.55. The van der Waals surface area contributed by atoms with Gasteiger partial charge in [0.05, 0.1) is 32.6 Å². The van der Waals surface area contributed by atoms with Gasteiger partial charge in [0.1, 0.15) is 0 Å². The van der Waals surface area contributed by atoms with Crippen LogP contribution in [0.15, 0.2) is 42.5 Å². The number of rotatable bonds is 9. The van der Waals surface area contributed by atoms with Crippen LogP contribution in [-0.2, 0) is 28.6 Å². The van der Waals surface area contributed by atoms with Crippen LogP contribution in [0.25, 0.3) is 0 Å². The summed E-state index contributed by atoms with van der Waals surface area (Å²) < 4.78 is 50.1. The molecule has 1 atom stereocenters. The number of amides is 1. The Hall–Kier alpha value is -3.23. The SMILES string of the molecule is COc1cccc(CC(=O)N[C@H](CC(=O)O)Cc2ccccc2C(F)(F)F)c1OC. The van der Waals surface area contributed by atoms with Gasteiger partial charge in [-0.05, 0) is 24.1 Å². The number of carbonyl (C=O) groups excluding carboxylic acids is 1. The van der Waals surface area contributed by atoms with Gasteiger partial charge < -0.3 is 19.9 Å². The number of hydrogen-bond donors (Lipinski definition) is 2. The second-order valence-electron chi connectivity index (χ2n) is 6.55. The Balaban J connectivity index is 2.20. The number of carbonyl (C=O) groups is 2. The monoisotopic (exact) mass is 425 g/mol. The van der Waals surface area contributed by atoms with E-state index < -0.39 is 36.1 Å². The fourth-order valence-electron chi connectivity index (χ4n) is 3.17. The van der Waals surface area contributed by atoms with Crippen molar-refractivity contribution in [2.45, 2.75) is 31.5 Å². The number of hydrogen-bond acceptors (Lipinski definition) is 4. The van der Waals surface area contributed by atoms with Gasteiger partial charge in [0.25, 0.3) is 0 Å². The lowest BCUT2D eigenvalue weighted by Gasteiger charge is -2.20. The van der Waals surface area contributed by atoms with Crippen molar-refractivity contribution in [3.05, 3.63) is 59.2 Å². The highest BCUT2D eigenvalue weighted by Gasteiger charge is 2.33. The third-order valence-corrected chi connectivity index (χ3v) is 4.41. The molecular formula is C21H22F3NO5. The summed E-state index contributed by atoms with van der Waals surface area (Å²) in [6.07, 6.45) is -5.53. The van der Waals surface area contributed by atoms with Crippen LogP contribution >= 0.6 is 0 Å². The maximum atomic E-state index is 13.2. The minimum absolute atomic E-state index is 0.0875. The molecule has 0 aromatic heterocycles. The molecule has 162 valence electrons. The fourth-order valence-corrected chi connectivity index (χ4v) is 3.17. The van der Waals surface area contributed by atoms with Crippen molar-refractivity contribution in [1.82, 2.24) is 5.32 Å². The van der Waals surface area contributed by atoms with Gasteiger partial charge in [-0.25, -0.2) is 0 Å². The molecule has 2 N–H and O–H groups in total. The molecule has 2 rings (SSSR count). The van der Waals surface area contributed by atoms with Crippen LogP contribution in [-0.4, -0.2) is 37.2 Å². The lowest BCUT2D eigenvalue weighted by molar-refractivity contribution is -0.138. The molecule has 0 spiro atoms. The quantitative estimate of drug-likeness (QED) is 0.643. The molecule has 0 aliphatic rings. The molecule has 0 saturated heterocycles. The summed E-state index contributed by atoms with van der Waals surface area (Å²) in [4.78, 5) is 23.7. The predicted molar refractivity (Wildman–Crippen MR) is 103 cm³/mol. The van der Waals surface area contributed by atoms with Gasteiger partial charge in [-0.15, -0.1) is 0 Å². The zero-order valence-corrected chi connectivity index (χ0v) is 16.5. The average molecular weight is 425 g/mol. The summed E-state index contributed by atoms with van der Waals surface area (Å²) in [5.74, 6) is -1.00. The van der Waals surface area contributed by atoms with Crippen molar-refractivity contribution in [2.75, 3.05) is 14.2 Å². The number of para-hydroxylation sites is 1. The molecule has 0 heterocycles. The standard InChI is InChI=1S/C21H22F3NO5/c1-29-17-9-5-7-14(20(17)30-2)11-18(26)25-15(12-19(27)28)10-13-6-3-4-8-16(13)21(22,23)24/h3-9,15H,10-12H2,1-2H3,(H,25,26)(H,27,28)/t15-/m0/s1. The zero-order chi connectivity index (χ0) is 22.3. The Labute approximate surface area is 171 Å². The molecular weight excluding hydrogens is 403 g/mol. The number of methoxy groups -OCH3 is 2. The van der Waals surface area contributed by atoms with Gasteiger partial charge in [0.15, 0.2) is 11.5 Å². The van der Waals surface area contributed by atoms with Crippen LogP contribution < -0.4 is 14.8 Å². The van der Waals surface area contributed by atoms with E-state index in [-0.39, 0.29) is 18.4 Å². The molecule has 1 amide bonds. The van der Waals surface area contributed by atoms with E-state index in [1.165, 1.54) is 32.4 Å². The highest BCUT2D eigenvalue weighted by atomic mass is 19.4. The normalized spacial score (nSPS) is 12.2. The van der Waals surface area contributed by atoms with Crippen LogP contribution in [0.4, 0.5) is 13.2 Å². The first-order valence-electron chi connectivity index (χ1n) is 9.01. The fraction of sp³-hybridized carbons (Fsp3) is 0.333. The van der Waals surface area contributed by atoms with Gasteiger partial charge in [-0.3, -0.25) is 9.59 Å². The first kappa shape index (κ1) is 23.1.